The summed E-state index contributed by atoms with van der Waals surface area (Å²) in [7, 11) is 0. The predicted molar refractivity (Wildman–Crippen MR) is 87.6 cm³/mol. The summed E-state index contributed by atoms with van der Waals surface area (Å²) in [6.07, 6.45) is 3.73. The molecule has 3 rings (SSSR count). The number of thiophene rings is 1. The number of nitrogens with zero attached hydrogens (tertiary/aromatic N) is 1. The van der Waals surface area contributed by atoms with Crippen LogP contribution in [0.25, 0.3) is 10.1 Å². The van der Waals surface area contributed by atoms with E-state index >= 15 is 0 Å². The Bertz CT molecular complexity index is 746. The molecule has 0 aliphatic heterocycles. The predicted octanol–water partition coefficient (Wildman–Crippen LogP) is 5.09. The average Bonchev–Trinajstić information content (AvgIpc) is 2.79. The highest BCUT2D eigenvalue weighted by atomic mass is 32.1. The van der Waals surface area contributed by atoms with E-state index in [2.05, 4.69) is 55.3 Å². The molecule has 1 N–H and O–H groups in total. The summed E-state index contributed by atoms with van der Waals surface area (Å²) in [5, 5.41) is 4.94. The SMILES string of the molecule is Cc1ccncc1NC(C)c1sc2ccccc2c1C. The zero-order valence-corrected chi connectivity index (χ0v) is 12.8. The number of hydrogen-bond donors (Lipinski definition) is 1. The molecule has 0 bridgehead atoms. The Kier molecular flexibility index (Phi) is 3.45. The maximum absolute atomic E-state index is 4.20. The number of pyridine rings is 1. The van der Waals surface area contributed by atoms with Crippen molar-refractivity contribution in [1.29, 1.82) is 0 Å². The first-order valence-electron chi connectivity index (χ1n) is 6.82. The molecule has 1 unspecified atom stereocenters. The molecule has 3 heteroatoms. The fourth-order valence-corrected chi connectivity index (χ4v) is 3.73. The Balaban J connectivity index is 1.95. The van der Waals surface area contributed by atoms with Gasteiger partial charge in [0.05, 0.1) is 17.9 Å². The van der Waals surface area contributed by atoms with Crippen LogP contribution in [0.5, 0.6) is 0 Å². The van der Waals surface area contributed by atoms with E-state index in [0.717, 1.165) is 5.69 Å². The highest BCUT2D eigenvalue weighted by Gasteiger charge is 2.14. The first-order chi connectivity index (χ1) is 9.66. The zero-order chi connectivity index (χ0) is 14.1. The molecule has 1 atom stereocenters. The van der Waals surface area contributed by atoms with Crippen LogP contribution in [0.2, 0.25) is 0 Å². The summed E-state index contributed by atoms with van der Waals surface area (Å²) in [6.45, 7) is 6.53. The molecule has 2 aromatic heterocycles. The van der Waals surface area contributed by atoms with Crippen LogP contribution in [0.15, 0.2) is 42.7 Å². The van der Waals surface area contributed by atoms with Crippen LogP contribution in [0.1, 0.15) is 29.0 Å². The van der Waals surface area contributed by atoms with Gasteiger partial charge in [-0.3, -0.25) is 4.98 Å². The van der Waals surface area contributed by atoms with Crippen LogP contribution < -0.4 is 5.32 Å². The van der Waals surface area contributed by atoms with Crippen LogP contribution in [0, 0.1) is 13.8 Å². The molecule has 0 aliphatic carbocycles. The summed E-state index contributed by atoms with van der Waals surface area (Å²) >= 11 is 1.87. The van der Waals surface area contributed by atoms with Gasteiger partial charge in [0.2, 0.25) is 0 Å². The molecule has 0 saturated carbocycles. The molecule has 0 saturated heterocycles. The minimum atomic E-state index is 0.287. The van der Waals surface area contributed by atoms with E-state index < -0.39 is 0 Å². The third-order valence-electron chi connectivity index (χ3n) is 3.68. The number of benzene rings is 1. The minimum Gasteiger partial charge on any atom is -0.376 e. The number of fused-ring (bicyclic) bond motifs is 1. The Morgan fingerprint density at radius 3 is 2.70 bits per heavy atom. The number of rotatable bonds is 3. The van der Waals surface area contributed by atoms with Gasteiger partial charge in [-0.2, -0.15) is 0 Å². The van der Waals surface area contributed by atoms with Crippen LogP contribution in [0.4, 0.5) is 5.69 Å². The van der Waals surface area contributed by atoms with E-state index in [1.54, 1.807) is 0 Å². The van der Waals surface area contributed by atoms with E-state index in [9.17, 15) is 0 Å². The summed E-state index contributed by atoms with van der Waals surface area (Å²) in [6, 6.07) is 10.9. The Morgan fingerprint density at radius 2 is 1.95 bits per heavy atom. The first kappa shape index (κ1) is 13.1. The molecule has 0 radical (unpaired) electrons. The van der Waals surface area contributed by atoms with Gasteiger partial charge in [-0.25, -0.2) is 0 Å². The second-order valence-electron chi connectivity index (χ2n) is 5.14. The molecular formula is C17H18N2S. The maximum Gasteiger partial charge on any atom is 0.0582 e. The lowest BCUT2D eigenvalue weighted by Crippen LogP contribution is -2.07. The third-order valence-corrected chi connectivity index (χ3v) is 5.14. The molecule has 0 fully saturated rings. The van der Waals surface area contributed by atoms with E-state index in [0.29, 0.717) is 0 Å². The lowest BCUT2D eigenvalue weighted by molar-refractivity contribution is 0.895. The van der Waals surface area contributed by atoms with Gasteiger partial charge in [0, 0.05) is 15.8 Å². The standard InChI is InChI=1S/C17H18N2S/c1-11-8-9-18-10-15(11)19-13(3)17-12(2)14-6-4-5-7-16(14)20-17/h4-10,13,19H,1-3H3. The van der Waals surface area contributed by atoms with Gasteiger partial charge in [-0.15, -0.1) is 11.3 Å². The van der Waals surface area contributed by atoms with Gasteiger partial charge in [0.15, 0.2) is 0 Å². The smallest absolute Gasteiger partial charge is 0.0582 e. The number of nitrogens with one attached hydrogen (secondary N) is 1. The summed E-state index contributed by atoms with van der Waals surface area (Å²) in [5.74, 6) is 0. The fraction of sp³-hybridized carbons (Fsp3) is 0.235. The summed E-state index contributed by atoms with van der Waals surface area (Å²) in [4.78, 5) is 5.60. The number of aryl methyl sites for hydroxylation is 2. The molecule has 3 aromatic rings. The van der Waals surface area contributed by atoms with E-state index in [-0.39, 0.29) is 6.04 Å². The zero-order valence-electron chi connectivity index (χ0n) is 12.0. The topological polar surface area (TPSA) is 24.9 Å². The second-order valence-corrected chi connectivity index (χ2v) is 6.23. The average molecular weight is 282 g/mol. The Hall–Kier alpha value is -1.87. The second kappa shape index (κ2) is 5.25. The van der Waals surface area contributed by atoms with Crippen molar-refractivity contribution < 1.29 is 0 Å². The van der Waals surface area contributed by atoms with Gasteiger partial charge in [0.1, 0.15) is 0 Å². The van der Waals surface area contributed by atoms with E-state index in [4.69, 9.17) is 0 Å². The molecule has 20 heavy (non-hydrogen) atoms. The van der Waals surface area contributed by atoms with Crippen molar-refractivity contribution in [2.45, 2.75) is 26.8 Å². The van der Waals surface area contributed by atoms with Crippen molar-refractivity contribution in [2.75, 3.05) is 5.32 Å². The van der Waals surface area contributed by atoms with Crippen LogP contribution in [-0.2, 0) is 0 Å². The van der Waals surface area contributed by atoms with Gasteiger partial charge in [-0.1, -0.05) is 18.2 Å². The van der Waals surface area contributed by atoms with Crippen molar-refractivity contribution >= 4 is 27.1 Å². The quantitative estimate of drug-likeness (QED) is 0.724. The highest BCUT2D eigenvalue weighted by molar-refractivity contribution is 7.19. The number of hydrogen-bond acceptors (Lipinski definition) is 3. The molecule has 0 aliphatic rings. The fourth-order valence-electron chi connectivity index (χ4n) is 2.52. The van der Waals surface area contributed by atoms with Crippen molar-refractivity contribution in [3.05, 3.63) is 58.7 Å². The summed E-state index contributed by atoms with van der Waals surface area (Å²) < 4.78 is 1.36. The number of aromatic nitrogens is 1. The van der Waals surface area contributed by atoms with Crippen LogP contribution in [0.3, 0.4) is 0 Å². The Labute approximate surface area is 123 Å². The molecule has 0 amide bonds. The van der Waals surface area contributed by atoms with Gasteiger partial charge in [-0.05, 0) is 49.4 Å². The third kappa shape index (κ3) is 2.29. The number of anilines is 1. The van der Waals surface area contributed by atoms with Crippen LogP contribution in [-0.4, -0.2) is 4.98 Å². The Morgan fingerprint density at radius 1 is 1.15 bits per heavy atom. The van der Waals surface area contributed by atoms with Gasteiger partial charge >= 0.3 is 0 Å². The van der Waals surface area contributed by atoms with Crippen LogP contribution >= 0.6 is 11.3 Å². The van der Waals surface area contributed by atoms with Gasteiger partial charge < -0.3 is 5.32 Å². The molecule has 102 valence electrons. The minimum absolute atomic E-state index is 0.287. The lowest BCUT2D eigenvalue weighted by Gasteiger charge is -2.16. The highest BCUT2D eigenvalue weighted by Crippen LogP contribution is 2.35. The van der Waals surface area contributed by atoms with Crippen molar-refractivity contribution in [3.63, 3.8) is 0 Å². The molecular weight excluding hydrogens is 264 g/mol. The van der Waals surface area contributed by atoms with Crippen molar-refractivity contribution in [1.82, 2.24) is 4.98 Å². The van der Waals surface area contributed by atoms with Crippen molar-refractivity contribution in [3.8, 4) is 0 Å². The summed E-state index contributed by atoms with van der Waals surface area (Å²) in [5.41, 5.74) is 3.72. The lowest BCUT2D eigenvalue weighted by atomic mass is 10.1. The van der Waals surface area contributed by atoms with E-state index in [1.807, 2.05) is 29.8 Å². The first-order valence-corrected chi connectivity index (χ1v) is 7.63. The normalized spacial score (nSPS) is 12.6. The van der Waals surface area contributed by atoms with Gasteiger partial charge in [0.25, 0.3) is 0 Å². The van der Waals surface area contributed by atoms with Crippen molar-refractivity contribution in [2.24, 2.45) is 0 Å². The molecule has 1 aromatic carbocycles. The molecule has 0 spiro atoms. The molecule has 2 nitrogen and oxygen atoms in total. The maximum atomic E-state index is 4.20. The monoisotopic (exact) mass is 282 g/mol. The molecule has 2 heterocycles. The largest absolute Gasteiger partial charge is 0.376 e. The van der Waals surface area contributed by atoms with E-state index in [1.165, 1.54) is 26.1 Å².